The Balaban J connectivity index is 1.58. The van der Waals surface area contributed by atoms with Crippen LogP contribution in [0.5, 0.6) is 0 Å². The first-order valence-corrected chi connectivity index (χ1v) is 10.3. The predicted molar refractivity (Wildman–Crippen MR) is 120 cm³/mol. The van der Waals surface area contributed by atoms with Crippen LogP contribution in [0, 0.1) is 0 Å². The van der Waals surface area contributed by atoms with E-state index in [1.54, 1.807) is 23.9 Å². The van der Waals surface area contributed by atoms with Gasteiger partial charge < -0.3 is 11.1 Å². The van der Waals surface area contributed by atoms with Crippen molar-refractivity contribution >= 4 is 29.0 Å². The van der Waals surface area contributed by atoms with Crippen molar-refractivity contribution in [2.24, 2.45) is 0 Å². The molecule has 0 radical (unpaired) electrons. The van der Waals surface area contributed by atoms with E-state index in [0.29, 0.717) is 16.9 Å². The summed E-state index contributed by atoms with van der Waals surface area (Å²) in [4.78, 5) is 13.6. The summed E-state index contributed by atoms with van der Waals surface area (Å²) >= 11 is 1.79. The Labute approximate surface area is 171 Å². The first-order valence-electron chi connectivity index (χ1n) is 9.31. The molecule has 0 fully saturated rings. The summed E-state index contributed by atoms with van der Waals surface area (Å²) in [5.41, 5.74) is 10.4. The maximum Gasteiger partial charge on any atom is 0.255 e. The molecule has 144 valence electrons. The third-order valence-electron chi connectivity index (χ3n) is 4.55. The number of carbonyl (C=O) groups is 1. The molecule has 0 heterocycles. The van der Waals surface area contributed by atoms with E-state index in [4.69, 9.17) is 5.73 Å². The van der Waals surface area contributed by atoms with E-state index in [9.17, 15) is 4.79 Å². The second-order valence-electron chi connectivity index (χ2n) is 7.80. The van der Waals surface area contributed by atoms with Gasteiger partial charge in [-0.3, -0.25) is 4.79 Å². The summed E-state index contributed by atoms with van der Waals surface area (Å²) in [6, 6.07) is 23.7. The highest BCUT2D eigenvalue weighted by molar-refractivity contribution is 7.98. The number of amides is 1. The third-order valence-corrected chi connectivity index (χ3v) is 5.63. The van der Waals surface area contributed by atoms with Gasteiger partial charge in [-0.05, 0) is 52.9 Å². The lowest BCUT2D eigenvalue weighted by molar-refractivity contribution is 0.102. The number of nitrogen functional groups attached to an aromatic ring is 1. The van der Waals surface area contributed by atoms with Crippen LogP contribution >= 0.6 is 11.8 Å². The maximum absolute atomic E-state index is 12.4. The van der Waals surface area contributed by atoms with E-state index in [1.165, 1.54) is 16.0 Å². The molecule has 4 heteroatoms. The number of nitrogens with one attached hydrogen (secondary N) is 1. The van der Waals surface area contributed by atoms with Gasteiger partial charge >= 0.3 is 0 Å². The number of thioether (sulfide) groups is 1. The van der Waals surface area contributed by atoms with Gasteiger partial charge in [0.2, 0.25) is 0 Å². The second-order valence-corrected chi connectivity index (χ2v) is 8.85. The zero-order valence-electron chi connectivity index (χ0n) is 16.5. The quantitative estimate of drug-likeness (QED) is 0.408. The van der Waals surface area contributed by atoms with E-state index in [-0.39, 0.29) is 11.3 Å². The fourth-order valence-corrected chi connectivity index (χ4v) is 3.63. The van der Waals surface area contributed by atoms with Crippen molar-refractivity contribution in [2.75, 3.05) is 11.1 Å². The largest absolute Gasteiger partial charge is 0.397 e. The van der Waals surface area contributed by atoms with E-state index >= 15 is 0 Å². The molecule has 0 aliphatic heterocycles. The minimum atomic E-state index is -0.158. The van der Waals surface area contributed by atoms with Gasteiger partial charge in [0.25, 0.3) is 5.91 Å². The Morgan fingerprint density at radius 1 is 0.929 bits per heavy atom. The average molecular weight is 391 g/mol. The van der Waals surface area contributed by atoms with Crippen LogP contribution < -0.4 is 11.1 Å². The maximum atomic E-state index is 12.4. The average Bonchev–Trinajstić information content (AvgIpc) is 2.68. The van der Waals surface area contributed by atoms with Crippen LogP contribution in [-0.2, 0) is 11.2 Å². The lowest BCUT2D eigenvalue weighted by Crippen LogP contribution is -2.13. The van der Waals surface area contributed by atoms with E-state index in [1.807, 2.05) is 36.4 Å². The molecule has 0 unspecified atom stereocenters. The van der Waals surface area contributed by atoms with Gasteiger partial charge in [-0.15, -0.1) is 11.8 Å². The Morgan fingerprint density at radius 3 is 2.18 bits per heavy atom. The summed E-state index contributed by atoms with van der Waals surface area (Å²) in [5.74, 6) is 0.706. The molecule has 0 aromatic heterocycles. The molecule has 28 heavy (non-hydrogen) atoms. The van der Waals surface area contributed by atoms with Crippen LogP contribution in [0.2, 0.25) is 0 Å². The van der Waals surface area contributed by atoms with Gasteiger partial charge in [-0.2, -0.15) is 0 Å². The van der Waals surface area contributed by atoms with Crippen molar-refractivity contribution in [3.63, 3.8) is 0 Å². The van der Waals surface area contributed by atoms with Crippen LogP contribution in [0.15, 0.2) is 77.7 Å². The normalized spacial score (nSPS) is 11.2. The molecule has 0 saturated carbocycles. The summed E-state index contributed by atoms with van der Waals surface area (Å²) in [6.45, 7) is 6.66. The lowest BCUT2D eigenvalue weighted by Gasteiger charge is -2.19. The van der Waals surface area contributed by atoms with Crippen molar-refractivity contribution in [1.29, 1.82) is 0 Å². The van der Waals surface area contributed by atoms with Gasteiger partial charge in [0.05, 0.1) is 11.4 Å². The summed E-state index contributed by atoms with van der Waals surface area (Å²) in [5, 5.41) is 2.85. The first-order chi connectivity index (χ1) is 13.3. The van der Waals surface area contributed by atoms with Crippen LogP contribution in [0.3, 0.4) is 0 Å². The van der Waals surface area contributed by atoms with Crippen LogP contribution in [0.25, 0.3) is 0 Å². The molecule has 0 aliphatic rings. The number of para-hydroxylation sites is 2. The minimum absolute atomic E-state index is 0.158. The van der Waals surface area contributed by atoms with Gasteiger partial charge in [0, 0.05) is 16.2 Å². The number of carbonyl (C=O) groups excluding carboxylic acids is 1. The van der Waals surface area contributed by atoms with Crippen LogP contribution in [0.1, 0.15) is 42.3 Å². The van der Waals surface area contributed by atoms with E-state index in [2.05, 4.69) is 50.4 Å². The minimum Gasteiger partial charge on any atom is -0.397 e. The lowest BCUT2D eigenvalue weighted by atomic mass is 9.87. The Kier molecular flexibility index (Phi) is 6.10. The zero-order chi connectivity index (χ0) is 20.1. The van der Waals surface area contributed by atoms with Gasteiger partial charge in [-0.25, -0.2) is 0 Å². The monoisotopic (exact) mass is 390 g/mol. The molecule has 0 saturated heterocycles. The standard InChI is InChI=1S/C24H26N2OS/c1-24(2,3)19-12-14-20(15-13-19)28-16-17-8-10-18(11-9-17)23(27)26-22-7-5-4-6-21(22)25/h4-15H,16,25H2,1-3H3,(H,26,27). The molecular weight excluding hydrogens is 364 g/mol. The molecule has 0 bridgehead atoms. The zero-order valence-corrected chi connectivity index (χ0v) is 17.3. The molecule has 0 spiro atoms. The first kappa shape index (κ1) is 20.0. The molecule has 3 aromatic carbocycles. The SMILES string of the molecule is CC(C)(C)c1ccc(SCc2ccc(C(=O)Nc3ccccc3N)cc2)cc1. The predicted octanol–water partition coefficient (Wildman–Crippen LogP) is 6.11. The van der Waals surface area contributed by atoms with Gasteiger partial charge in [0.1, 0.15) is 0 Å². The highest BCUT2D eigenvalue weighted by Gasteiger charge is 2.13. The van der Waals surface area contributed by atoms with Gasteiger partial charge in [-0.1, -0.05) is 57.2 Å². The van der Waals surface area contributed by atoms with E-state index < -0.39 is 0 Å². The summed E-state index contributed by atoms with van der Waals surface area (Å²) in [7, 11) is 0. The van der Waals surface area contributed by atoms with Crippen molar-refractivity contribution in [1.82, 2.24) is 0 Å². The van der Waals surface area contributed by atoms with Crippen molar-refractivity contribution in [2.45, 2.75) is 36.8 Å². The Bertz CT molecular complexity index is 942. The molecule has 3 nitrogen and oxygen atoms in total. The smallest absolute Gasteiger partial charge is 0.255 e. The Hall–Kier alpha value is -2.72. The fraction of sp³-hybridized carbons (Fsp3) is 0.208. The highest BCUT2D eigenvalue weighted by Crippen LogP contribution is 2.27. The summed E-state index contributed by atoms with van der Waals surface area (Å²) < 4.78 is 0. The van der Waals surface area contributed by atoms with Gasteiger partial charge in [0.15, 0.2) is 0 Å². The number of benzene rings is 3. The second kappa shape index (κ2) is 8.53. The van der Waals surface area contributed by atoms with Crippen molar-refractivity contribution < 1.29 is 4.79 Å². The molecule has 3 rings (SSSR count). The molecule has 0 atom stereocenters. The van der Waals surface area contributed by atoms with E-state index in [0.717, 1.165) is 5.75 Å². The topological polar surface area (TPSA) is 55.1 Å². The van der Waals surface area contributed by atoms with Crippen molar-refractivity contribution in [3.05, 3.63) is 89.5 Å². The molecular formula is C24H26N2OS. The Morgan fingerprint density at radius 2 is 1.57 bits per heavy atom. The van der Waals surface area contributed by atoms with Crippen LogP contribution in [0.4, 0.5) is 11.4 Å². The third kappa shape index (κ3) is 5.17. The van der Waals surface area contributed by atoms with Crippen molar-refractivity contribution in [3.8, 4) is 0 Å². The molecule has 3 N–H and O–H groups in total. The molecule has 3 aromatic rings. The number of hydrogen-bond acceptors (Lipinski definition) is 3. The number of rotatable bonds is 5. The summed E-state index contributed by atoms with van der Waals surface area (Å²) in [6.07, 6.45) is 0. The number of hydrogen-bond donors (Lipinski definition) is 2. The molecule has 0 aliphatic carbocycles. The molecule has 1 amide bonds. The fourth-order valence-electron chi connectivity index (χ4n) is 2.78. The van der Waals surface area contributed by atoms with Crippen LogP contribution in [-0.4, -0.2) is 5.91 Å². The highest BCUT2D eigenvalue weighted by atomic mass is 32.2. The number of anilines is 2. The number of nitrogens with two attached hydrogens (primary N) is 1.